The van der Waals surface area contributed by atoms with Crippen molar-refractivity contribution in [3.8, 4) is 11.1 Å². The van der Waals surface area contributed by atoms with Gasteiger partial charge in [-0.05, 0) is 96.2 Å². The van der Waals surface area contributed by atoms with E-state index < -0.39 is 5.41 Å². The summed E-state index contributed by atoms with van der Waals surface area (Å²) in [6, 6.07) is 24.6. The van der Waals surface area contributed by atoms with Crippen molar-refractivity contribution in [2.45, 2.75) is 71.6 Å². The number of benzene rings is 4. The van der Waals surface area contributed by atoms with E-state index in [2.05, 4.69) is 76.2 Å². The van der Waals surface area contributed by atoms with Gasteiger partial charge in [0.25, 0.3) is 0 Å². The molecular formula is C35H36F2. The minimum atomic E-state index is -0.647. The van der Waals surface area contributed by atoms with Gasteiger partial charge in [-0.25, -0.2) is 8.78 Å². The third-order valence-electron chi connectivity index (χ3n) is 8.01. The molecule has 0 aliphatic heterocycles. The van der Waals surface area contributed by atoms with E-state index in [0.717, 1.165) is 47.9 Å². The van der Waals surface area contributed by atoms with Crippen molar-refractivity contribution in [3.05, 3.63) is 129 Å². The largest absolute Gasteiger partial charge is 0.207 e. The highest BCUT2D eigenvalue weighted by Gasteiger charge is 2.46. The van der Waals surface area contributed by atoms with Gasteiger partial charge in [0.15, 0.2) is 0 Å². The van der Waals surface area contributed by atoms with Gasteiger partial charge >= 0.3 is 0 Å². The highest BCUT2D eigenvalue weighted by atomic mass is 19.1. The van der Waals surface area contributed by atoms with Gasteiger partial charge in [0.2, 0.25) is 0 Å². The Morgan fingerprint density at radius 3 is 1.41 bits per heavy atom. The van der Waals surface area contributed by atoms with Crippen LogP contribution in [0.25, 0.3) is 11.1 Å². The quantitative estimate of drug-likeness (QED) is 0.201. The summed E-state index contributed by atoms with van der Waals surface area (Å²) in [5, 5.41) is 0. The third kappa shape index (κ3) is 4.31. The lowest BCUT2D eigenvalue weighted by Gasteiger charge is -2.35. The number of hydrogen-bond acceptors (Lipinski definition) is 0. The van der Waals surface area contributed by atoms with Gasteiger partial charge in [0, 0.05) is 0 Å². The van der Waals surface area contributed by atoms with Gasteiger partial charge in [0.1, 0.15) is 11.6 Å². The fraction of sp³-hybridized carbons (Fsp3) is 0.314. The molecule has 0 amide bonds. The summed E-state index contributed by atoms with van der Waals surface area (Å²) in [7, 11) is 0. The Kier molecular flexibility index (Phi) is 7.03. The second-order valence-electron chi connectivity index (χ2n) is 10.7. The Hall–Kier alpha value is -3.26. The Morgan fingerprint density at radius 2 is 1.00 bits per heavy atom. The Bertz CT molecular complexity index is 1340. The average molecular weight is 495 g/mol. The molecule has 0 N–H and O–H groups in total. The van der Waals surface area contributed by atoms with E-state index in [1.165, 1.54) is 33.4 Å². The minimum absolute atomic E-state index is 0.151. The molecule has 0 nitrogen and oxygen atoms in total. The molecule has 2 heteroatoms. The fourth-order valence-electron chi connectivity index (χ4n) is 6.07. The van der Waals surface area contributed by atoms with Gasteiger partial charge in [-0.3, -0.25) is 0 Å². The zero-order chi connectivity index (χ0) is 26.2. The molecule has 0 saturated heterocycles. The first-order valence-electron chi connectivity index (χ1n) is 13.7. The standard InChI is InChI=1S/C35H36F2/c1-5-7-9-25-21-27(13-17-33(25)36)35(28-14-18-34(37)26(22-28)10-8-6-2)31-19-23(3)11-15-29(31)30-16-12-24(4)20-32(30)35/h11-22H,5-10H2,1-4H3. The van der Waals surface area contributed by atoms with Gasteiger partial charge in [-0.2, -0.15) is 0 Å². The first-order valence-corrected chi connectivity index (χ1v) is 13.7. The molecule has 190 valence electrons. The molecule has 0 fully saturated rings. The van der Waals surface area contributed by atoms with E-state index in [9.17, 15) is 0 Å². The lowest BCUT2D eigenvalue weighted by atomic mass is 9.66. The van der Waals surface area contributed by atoms with E-state index in [-0.39, 0.29) is 11.6 Å². The summed E-state index contributed by atoms with van der Waals surface area (Å²) >= 11 is 0. The molecule has 0 radical (unpaired) electrons. The first-order chi connectivity index (χ1) is 17.9. The van der Waals surface area contributed by atoms with Crippen LogP contribution in [0, 0.1) is 25.5 Å². The second kappa shape index (κ2) is 10.2. The van der Waals surface area contributed by atoms with E-state index >= 15 is 8.78 Å². The van der Waals surface area contributed by atoms with Crippen molar-refractivity contribution in [2.24, 2.45) is 0 Å². The molecule has 1 aliphatic rings. The van der Waals surface area contributed by atoms with Gasteiger partial charge in [-0.1, -0.05) is 98.5 Å². The van der Waals surface area contributed by atoms with Gasteiger partial charge < -0.3 is 0 Å². The van der Waals surface area contributed by atoms with Crippen LogP contribution >= 0.6 is 0 Å². The number of aryl methyl sites for hydroxylation is 4. The first kappa shape index (κ1) is 25.4. The van der Waals surface area contributed by atoms with Crippen molar-refractivity contribution in [2.75, 3.05) is 0 Å². The van der Waals surface area contributed by atoms with E-state index in [1.807, 2.05) is 12.1 Å². The van der Waals surface area contributed by atoms with Crippen molar-refractivity contribution in [1.82, 2.24) is 0 Å². The zero-order valence-electron chi connectivity index (χ0n) is 22.4. The predicted octanol–water partition coefficient (Wildman–Crippen LogP) is 9.63. The average Bonchev–Trinajstić information content (AvgIpc) is 3.17. The number of hydrogen-bond donors (Lipinski definition) is 0. The molecule has 1 aliphatic carbocycles. The molecule has 4 aromatic rings. The topological polar surface area (TPSA) is 0 Å². The molecule has 0 heterocycles. The highest BCUT2D eigenvalue weighted by molar-refractivity contribution is 5.86. The van der Waals surface area contributed by atoms with Crippen LogP contribution in [0.4, 0.5) is 8.78 Å². The van der Waals surface area contributed by atoms with Crippen molar-refractivity contribution in [1.29, 1.82) is 0 Å². The highest BCUT2D eigenvalue weighted by Crippen LogP contribution is 2.56. The molecular weight excluding hydrogens is 458 g/mol. The number of fused-ring (bicyclic) bond motifs is 3. The molecule has 0 atom stereocenters. The minimum Gasteiger partial charge on any atom is -0.207 e. The van der Waals surface area contributed by atoms with Crippen LogP contribution in [-0.4, -0.2) is 0 Å². The van der Waals surface area contributed by atoms with E-state index in [1.54, 1.807) is 12.1 Å². The van der Waals surface area contributed by atoms with Crippen LogP contribution in [0.5, 0.6) is 0 Å². The summed E-state index contributed by atoms with van der Waals surface area (Å²) in [5.41, 5.74) is 10.1. The maximum atomic E-state index is 15.0. The Morgan fingerprint density at radius 1 is 0.568 bits per heavy atom. The van der Waals surface area contributed by atoms with Gasteiger partial charge in [0.05, 0.1) is 5.41 Å². The molecule has 0 aromatic heterocycles. The van der Waals surface area contributed by atoms with Gasteiger partial charge in [-0.15, -0.1) is 0 Å². The normalized spacial score (nSPS) is 13.5. The number of rotatable bonds is 8. The van der Waals surface area contributed by atoms with Crippen molar-refractivity contribution in [3.63, 3.8) is 0 Å². The van der Waals surface area contributed by atoms with E-state index in [4.69, 9.17) is 0 Å². The van der Waals surface area contributed by atoms with Crippen LogP contribution in [0.15, 0.2) is 72.8 Å². The summed E-state index contributed by atoms with van der Waals surface area (Å²) in [6.07, 6.45) is 5.32. The van der Waals surface area contributed by atoms with Crippen LogP contribution in [0.3, 0.4) is 0 Å². The van der Waals surface area contributed by atoms with Crippen LogP contribution in [0.2, 0.25) is 0 Å². The summed E-state index contributed by atoms with van der Waals surface area (Å²) in [6.45, 7) is 8.51. The number of halogens is 2. The SMILES string of the molecule is CCCCc1cc(C2(c3ccc(F)c(CCCC)c3)c3cc(C)ccc3-c3ccc(C)cc32)ccc1F. The molecule has 0 bridgehead atoms. The fourth-order valence-corrected chi connectivity index (χ4v) is 6.07. The third-order valence-corrected chi connectivity index (χ3v) is 8.01. The predicted molar refractivity (Wildman–Crippen MR) is 150 cm³/mol. The second-order valence-corrected chi connectivity index (χ2v) is 10.7. The maximum absolute atomic E-state index is 15.0. The lowest BCUT2D eigenvalue weighted by Crippen LogP contribution is -2.29. The Balaban J connectivity index is 1.88. The maximum Gasteiger partial charge on any atom is 0.126 e. The van der Waals surface area contributed by atoms with Crippen molar-refractivity contribution < 1.29 is 8.78 Å². The zero-order valence-corrected chi connectivity index (χ0v) is 22.4. The lowest BCUT2D eigenvalue weighted by molar-refractivity contribution is 0.596. The molecule has 5 rings (SSSR count). The molecule has 0 unspecified atom stereocenters. The molecule has 37 heavy (non-hydrogen) atoms. The summed E-state index contributed by atoms with van der Waals surface area (Å²) < 4.78 is 30.1. The molecule has 4 aromatic carbocycles. The van der Waals surface area contributed by atoms with Crippen LogP contribution in [-0.2, 0) is 18.3 Å². The van der Waals surface area contributed by atoms with Crippen LogP contribution < -0.4 is 0 Å². The Labute approximate surface area is 220 Å². The number of unbranched alkanes of at least 4 members (excludes halogenated alkanes) is 2. The monoisotopic (exact) mass is 494 g/mol. The molecule has 0 saturated carbocycles. The summed E-state index contributed by atoms with van der Waals surface area (Å²) in [5.74, 6) is -0.302. The smallest absolute Gasteiger partial charge is 0.126 e. The van der Waals surface area contributed by atoms with Crippen LogP contribution in [0.1, 0.15) is 84.0 Å². The van der Waals surface area contributed by atoms with E-state index in [0.29, 0.717) is 12.8 Å². The summed E-state index contributed by atoms with van der Waals surface area (Å²) in [4.78, 5) is 0. The molecule has 0 spiro atoms. The van der Waals surface area contributed by atoms with Crippen molar-refractivity contribution >= 4 is 0 Å².